The number of anilines is 2. The highest BCUT2D eigenvalue weighted by Crippen LogP contribution is 2.45. The number of ether oxygens (including phenoxy) is 1. The van der Waals surface area contributed by atoms with Crippen LogP contribution >= 0.6 is 0 Å². The molecule has 14 heteroatoms. The number of nitrogens with two attached hydrogens (primary N) is 1. The SMILES string of the molecule is C=CC(=O)N1CCN(c2nc(OC[C@@H]3CCCN3C)nc3cc(-c4cc(N)cc(F)c4C(F)(F)F)c4ccoc4c23)C[C@@H]1CC#N. The van der Waals surface area contributed by atoms with Crippen LogP contribution in [0.1, 0.15) is 24.8 Å². The first-order chi connectivity index (χ1) is 22.0. The van der Waals surface area contributed by atoms with Crippen LogP contribution in [0, 0.1) is 17.1 Å². The van der Waals surface area contributed by atoms with Gasteiger partial charge in [-0.2, -0.15) is 28.4 Å². The smallest absolute Gasteiger partial charge is 0.419 e. The van der Waals surface area contributed by atoms with Gasteiger partial charge in [0.15, 0.2) is 0 Å². The molecule has 6 rings (SSSR count). The Bertz CT molecular complexity index is 1870. The molecule has 0 bridgehead atoms. The number of alkyl halides is 3. The second-order valence-electron chi connectivity index (χ2n) is 11.5. The molecule has 2 aliphatic heterocycles. The summed E-state index contributed by atoms with van der Waals surface area (Å²) in [6.45, 7) is 5.59. The normalized spacial score (nSPS) is 19.1. The fourth-order valence-corrected chi connectivity index (χ4v) is 6.44. The van der Waals surface area contributed by atoms with Crippen LogP contribution in [0.4, 0.5) is 29.1 Å². The van der Waals surface area contributed by atoms with Crippen LogP contribution in [0.5, 0.6) is 6.01 Å². The van der Waals surface area contributed by atoms with E-state index in [0.717, 1.165) is 25.5 Å². The predicted molar refractivity (Wildman–Crippen MR) is 163 cm³/mol. The van der Waals surface area contributed by atoms with Gasteiger partial charge in [0.1, 0.15) is 23.8 Å². The first-order valence-corrected chi connectivity index (χ1v) is 14.8. The summed E-state index contributed by atoms with van der Waals surface area (Å²) in [7, 11) is 2.00. The van der Waals surface area contributed by atoms with E-state index in [2.05, 4.69) is 22.5 Å². The average Bonchev–Trinajstić information content (AvgIpc) is 3.67. The monoisotopic (exact) mass is 637 g/mol. The van der Waals surface area contributed by atoms with Gasteiger partial charge < -0.3 is 29.6 Å². The van der Waals surface area contributed by atoms with Crippen molar-refractivity contribution in [2.45, 2.75) is 37.5 Å². The Morgan fingerprint density at radius 2 is 2.02 bits per heavy atom. The third-order valence-corrected chi connectivity index (χ3v) is 8.69. The zero-order valence-electron chi connectivity index (χ0n) is 25.0. The van der Waals surface area contributed by atoms with Crippen LogP contribution in [0.3, 0.4) is 0 Å². The number of nitriles is 1. The summed E-state index contributed by atoms with van der Waals surface area (Å²) >= 11 is 0. The number of rotatable bonds is 7. The van der Waals surface area contributed by atoms with Gasteiger partial charge in [0, 0.05) is 36.7 Å². The summed E-state index contributed by atoms with van der Waals surface area (Å²) < 4.78 is 69.5. The molecule has 2 saturated heterocycles. The average molecular weight is 638 g/mol. The van der Waals surface area contributed by atoms with E-state index in [1.807, 2.05) is 11.9 Å². The van der Waals surface area contributed by atoms with Crippen molar-refractivity contribution >= 4 is 39.3 Å². The quantitative estimate of drug-likeness (QED) is 0.162. The lowest BCUT2D eigenvalue weighted by Crippen LogP contribution is -2.55. The van der Waals surface area contributed by atoms with Crippen LogP contribution in [0.2, 0.25) is 0 Å². The maximum atomic E-state index is 14.9. The van der Waals surface area contributed by atoms with Crippen LogP contribution in [0.25, 0.3) is 33.0 Å². The topological polar surface area (TPSA) is 125 Å². The van der Waals surface area contributed by atoms with E-state index in [-0.39, 0.29) is 71.8 Å². The minimum absolute atomic E-state index is 0.00381. The predicted octanol–water partition coefficient (Wildman–Crippen LogP) is 5.37. The third kappa shape index (κ3) is 5.66. The van der Waals surface area contributed by atoms with Crippen molar-refractivity contribution < 1.29 is 31.5 Å². The summed E-state index contributed by atoms with van der Waals surface area (Å²) in [5.41, 5.74) is 4.14. The molecule has 4 aromatic rings. The molecule has 2 N–H and O–H groups in total. The standard InChI is InChI=1S/C32H31F4N7O3/c1-3-26(44)43-11-10-42(16-19(43)6-8-37)30-27-25(39-31(40-30)46-17-20-5-4-9-41(20)2)15-22(21-7-12-45-29(21)27)23-13-18(38)14-24(33)28(23)32(34,35)36/h3,7,12-15,19-20H,1,4-6,9-11,16-17,38H2,2H3/t19-,20-/m0/s1. The molecule has 10 nitrogen and oxygen atoms in total. The maximum absolute atomic E-state index is 14.9. The van der Waals surface area contributed by atoms with Crippen molar-refractivity contribution in [2.24, 2.45) is 0 Å². The largest absolute Gasteiger partial charge is 0.463 e. The number of carbonyl (C=O) groups is 1. The number of halogens is 4. The van der Waals surface area contributed by atoms with E-state index in [1.54, 1.807) is 4.90 Å². The van der Waals surface area contributed by atoms with Gasteiger partial charge in [0.2, 0.25) is 5.91 Å². The molecule has 2 fully saturated rings. The summed E-state index contributed by atoms with van der Waals surface area (Å²) in [6, 6.07) is 6.42. The Balaban J connectivity index is 1.54. The van der Waals surface area contributed by atoms with Crippen molar-refractivity contribution in [3.63, 3.8) is 0 Å². The zero-order chi connectivity index (χ0) is 32.7. The summed E-state index contributed by atoms with van der Waals surface area (Å²) in [5.74, 6) is -1.43. The number of likely N-dealkylation sites (tertiary alicyclic amines) is 1. The van der Waals surface area contributed by atoms with Gasteiger partial charge in [-0.3, -0.25) is 4.79 Å². The third-order valence-electron chi connectivity index (χ3n) is 8.69. The Labute approximate surface area is 261 Å². The molecular weight excluding hydrogens is 606 g/mol. The summed E-state index contributed by atoms with van der Waals surface area (Å²) in [6.07, 6.45) is -0.501. The van der Waals surface area contributed by atoms with Gasteiger partial charge >= 0.3 is 12.2 Å². The molecular formula is C32H31F4N7O3. The van der Waals surface area contributed by atoms with Gasteiger partial charge in [-0.15, -0.1) is 0 Å². The number of benzene rings is 2. The number of carbonyl (C=O) groups excluding carboxylic acids is 1. The van der Waals surface area contributed by atoms with Crippen LogP contribution in [-0.4, -0.2) is 77.6 Å². The molecule has 2 atom stereocenters. The fourth-order valence-electron chi connectivity index (χ4n) is 6.44. The molecule has 0 saturated carbocycles. The van der Waals surface area contributed by atoms with Crippen molar-refractivity contribution in [1.29, 1.82) is 5.26 Å². The number of piperazine rings is 1. The van der Waals surface area contributed by atoms with Crippen molar-refractivity contribution in [3.05, 3.63) is 54.6 Å². The highest BCUT2D eigenvalue weighted by atomic mass is 19.4. The lowest BCUT2D eigenvalue weighted by atomic mass is 9.94. The van der Waals surface area contributed by atoms with Crippen molar-refractivity contribution in [1.82, 2.24) is 19.8 Å². The molecule has 0 unspecified atom stereocenters. The lowest BCUT2D eigenvalue weighted by molar-refractivity contribution is -0.139. The van der Waals surface area contributed by atoms with Crippen LogP contribution in [0.15, 0.2) is 47.6 Å². The number of fused-ring (bicyclic) bond motifs is 3. The first kappa shape index (κ1) is 31.1. The van der Waals surface area contributed by atoms with E-state index in [0.29, 0.717) is 23.8 Å². The Morgan fingerprint density at radius 3 is 2.72 bits per heavy atom. The van der Waals surface area contributed by atoms with E-state index in [4.69, 9.17) is 19.9 Å². The van der Waals surface area contributed by atoms with Gasteiger partial charge in [-0.1, -0.05) is 6.58 Å². The van der Waals surface area contributed by atoms with Gasteiger partial charge in [0.25, 0.3) is 0 Å². The zero-order valence-corrected chi connectivity index (χ0v) is 25.0. The van der Waals surface area contributed by atoms with E-state index < -0.39 is 29.2 Å². The Morgan fingerprint density at radius 1 is 1.22 bits per heavy atom. The number of aromatic nitrogens is 2. The first-order valence-electron chi connectivity index (χ1n) is 14.8. The minimum atomic E-state index is -5.02. The van der Waals surface area contributed by atoms with Crippen LogP contribution < -0.4 is 15.4 Å². The molecule has 0 radical (unpaired) electrons. The number of hydrogen-bond acceptors (Lipinski definition) is 9. The van der Waals surface area contributed by atoms with E-state index in [9.17, 15) is 27.6 Å². The highest BCUT2D eigenvalue weighted by Gasteiger charge is 2.39. The molecule has 46 heavy (non-hydrogen) atoms. The number of likely N-dealkylation sites (N-methyl/N-ethyl adjacent to an activating group) is 1. The molecule has 4 heterocycles. The molecule has 0 spiro atoms. The minimum Gasteiger partial charge on any atom is -0.463 e. The van der Waals surface area contributed by atoms with Crippen molar-refractivity contribution in [3.8, 4) is 23.2 Å². The summed E-state index contributed by atoms with van der Waals surface area (Å²) in [4.78, 5) is 27.6. The molecule has 1 amide bonds. The van der Waals surface area contributed by atoms with Gasteiger partial charge in [-0.05, 0) is 67.9 Å². The van der Waals surface area contributed by atoms with Gasteiger partial charge in [0.05, 0.1) is 41.3 Å². The van der Waals surface area contributed by atoms with E-state index >= 15 is 0 Å². The van der Waals surface area contributed by atoms with Crippen LogP contribution in [-0.2, 0) is 11.0 Å². The second kappa shape index (κ2) is 12.1. The highest BCUT2D eigenvalue weighted by molar-refractivity contribution is 6.14. The van der Waals surface area contributed by atoms with E-state index in [1.165, 1.54) is 24.5 Å². The number of amides is 1. The lowest BCUT2D eigenvalue weighted by Gasteiger charge is -2.41. The molecule has 2 aromatic carbocycles. The molecule has 2 aliphatic rings. The molecule has 2 aromatic heterocycles. The number of nitrogens with zero attached hydrogens (tertiary/aromatic N) is 6. The second-order valence-corrected chi connectivity index (χ2v) is 11.5. The molecule has 0 aliphatic carbocycles. The number of furan rings is 1. The summed E-state index contributed by atoms with van der Waals surface area (Å²) in [5, 5.41) is 10.2. The molecule has 240 valence electrons. The van der Waals surface area contributed by atoms with Crippen molar-refractivity contribution in [2.75, 3.05) is 50.5 Å². The number of hydrogen-bond donors (Lipinski definition) is 1. The number of nitrogen functional groups attached to an aromatic ring is 1. The Hall–Kier alpha value is -4.90. The maximum Gasteiger partial charge on any atom is 0.419 e. The fraction of sp³-hybridized carbons (Fsp3) is 0.375. The van der Waals surface area contributed by atoms with Gasteiger partial charge in [-0.25, -0.2) is 4.39 Å². The Kier molecular flexibility index (Phi) is 8.20.